The average Bonchev–Trinajstić information content (AvgIpc) is 2.69. The van der Waals surface area contributed by atoms with E-state index in [-0.39, 0.29) is 36.4 Å². The van der Waals surface area contributed by atoms with Crippen molar-refractivity contribution in [2.45, 2.75) is 59.4 Å². The Bertz CT molecular complexity index is 990. The molecule has 0 aromatic carbocycles. The van der Waals surface area contributed by atoms with Crippen LogP contribution in [0.4, 0.5) is 11.5 Å². The number of H-pyrrole nitrogens is 1. The molecule has 2 rings (SSSR count). The van der Waals surface area contributed by atoms with Crippen molar-refractivity contribution in [3.63, 3.8) is 0 Å². The molecule has 0 atom stereocenters. The number of carbonyl (C=O) groups is 1. The highest BCUT2D eigenvalue weighted by Crippen LogP contribution is 2.26. The van der Waals surface area contributed by atoms with Gasteiger partial charge in [0.1, 0.15) is 5.82 Å². The quantitative estimate of drug-likeness (QED) is 0.566. The number of hydrogen-bond acceptors (Lipinski definition) is 6. The lowest BCUT2D eigenvalue weighted by atomic mass is 9.96. The van der Waals surface area contributed by atoms with E-state index in [1.165, 1.54) is 13.8 Å². The molecule has 2 heterocycles. The highest BCUT2D eigenvalue weighted by atomic mass is 32.2. The number of rotatable bonds is 9. The van der Waals surface area contributed by atoms with Crippen LogP contribution in [0.15, 0.2) is 9.59 Å². The van der Waals surface area contributed by atoms with Gasteiger partial charge in [-0.05, 0) is 31.6 Å². The zero-order chi connectivity index (χ0) is 23.3. The molecule has 1 saturated heterocycles. The lowest BCUT2D eigenvalue weighted by molar-refractivity contribution is -0.123. The van der Waals surface area contributed by atoms with Crippen molar-refractivity contribution in [3.8, 4) is 0 Å². The van der Waals surface area contributed by atoms with E-state index in [1.54, 1.807) is 0 Å². The fourth-order valence-corrected chi connectivity index (χ4v) is 4.62. The molecule has 0 saturated carbocycles. The minimum absolute atomic E-state index is 0.00638. The lowest BCUT2D eigenvalue weighted by Gasteiger charge is -2.33. The summed E-state index contributed by atoms with van der Waals surface area (Å²) in [6, 6.07) is 0. The van der Waals surface area contributed by atoms with E-state index < -0.39 is 27.2 Å². The summed E-state index contributed by atoms with van der Waals surface area (Å²) >= 11 is 0. The normalized spacial score (nSPS) is 16.0. The first-order valence-corrected chi connectivity index (χ1v) is 12.7. The molecule has 10 nitrogen and oxygen atoms in total. The Balaban J connectivity index is 2.40. The third-order valence-corrected chi connectivity index (χ3v) is 6.99. The van der Waals surface area contributed by atoms with Gasteiger partial charge in [0.15, 0.2) is 5.69 Å². The Kier molecular flexibility index (Phi) is 8.47. The number of carbonyl (C=O) groups excluding carboxylic acids is 1. The van der Waals surface area contributed by atoms with Crippen molar-refractivity contribution < 1.29 is 13.2 Å². The number of aromatic nitrogens is 2. The van der Waals surface area contributed by atoms with E-state index in [2.05, 4.69) is 4.98 Å². The molecule has 1 aromatic heterocycles. The molecule has 11 heteroatoms. The molecule has 31 heavy (non-hydrogen) atoms. The molecule has 0 unspecified atom stereocenters. The molecule has 1 amide bonds. The van der Waals surface area contributed by atoms with Crippen LogP contribution in [0, 0.1) is 11.8 Å². The average molecular weight is 458 g/mol. The van der Waals surface area contributed by atoms with Crippen LogP contribution in [0.25, 0.3) is 0 Å². The van der Waals surface area contributed by atoms with Gasteiger partial charge in [0.25, 0.3) is 5.56 Å². The number of aromatic amines is 1. The van der Waals surface area contributed by atoms with Crippen LogP contribution >= 0.6 is 0 Å². The van der Waals surface area contributed by atoms with Gasteiger partial charge in [-0.15, -0.1) is 0 Å². The van der Waals surface area contributed by atoms with Crippen molar-refractivity contribution in [3.05, 3.63) is 20.8 Å². The maximum atomic E-state index is 13.4. The van der Waals surface area contributed by atoms with Gasteiger partial charge >= 0.3 is 5.69 Å². The predicted molar refractivity (Wildman–Crippen MR) is 122 cm³/mol. The summed E-state index contributed by atoms with van der Waals surface area (Å²) in [7, 11) is -3.31. The number of hydrogen-bond donors (Lipinski definition) is 2. The van der Waals surface area contributed by atoms with Crippen LogP contribution in [0.5, 0.6) is 0 Å². The van der Waals surface area contributed by atoms with E-state index in [9.17, 15) is 22.8 Å². The Morgan fingerprint density at radius 1 is 1.26 bits per heavy atom. The number of piperidine rings is 1. The third kappa shape index (κ3) is 6.19. The minimum atomic E-state index is -3.31. The van der Waals surface area contributed by atoms with Crippen molar-refractivity contribution in [2.75, 3.05) is 36.5 Å². The zero-order valence-corrected chi connectivity index (χ0v) is 19.7. The second-order valence-electron chi connectivity index (χ2n) is 8.61. The molecule has 0 spiro atoms. The summed E-state index contributed by atoms with van der Waals surface area (Å²) in [5, 5.41) is 0. The van der Waals surface area contributed by atoms with Gasteiger partial charge in [-0.1, -0.05) is 27.2 Å². The van der Waals surface area contributed by atoms with Crippen LogP contribution in [0.2, 0.25) is 0 Å². The highest BCUT2D eigenvalue weighted by Gasteiger charge is 2.34. The van der Waals surface area contributed by atoms with Crippen LogP contribution in [-0.4, -0.2) is 54.1 Å². The number of nitrogens with zero attached hydrogens (tertiary/aromatic N) is 3. The van der Waals surface area contributed by atoms with Gasteiger partial charge in [-0.3, -0.25) is 19.1 Å². The SMILES string of the molecule is CCCCn1c(N)c(N(CCC(C)C)C(=O)C2CCN(S(C)(=O)=O)CC2)c(=O)[nH]c1=O. The van der Waals surface area contributed by atoms with Gasteiger partial charge in [0, 0.05) is 32.1 Å². The van der Waals surface area contributed by atoms with Crippen molar-refractivity contribution in [1.82, 2.24) is 13.9 Å². The van der Waals surface area contributed by atoms with Crippen LogP contribution in [0.1, 0.15) is 52.9 Å². The van der Waals surface area contributed by atoms with Crippen LogP contribution in [-0.2, 0) is 21.4 Å². The second kappa shape index (κ2) is 10.4. The van der Waals surface area contributed by atoms with Crippen molar-refractivity contribution in [1.29, 1.82) is 0 Å². The van der Waals surface area contributed by atoms with Crippen molar-refractivity contribution in [2.24, 2.45) is 11.8 Å². The lowest BCUT2D eigenvalue weighted by Crippen LogP contribution is -2.47. The second-order valence-corrected chi connectivity index (χ2v) is 10.6. The van der Waals surface area contributed by atoms with E-state index in [1.807, 2.05) is 20.8 Å². The minimum Gasteiger partial charge on any atom is -0.383 e. The Morgan fingerprint density at radius 2 is 1.87 bits per heavy atom. The maximum absolute atomic E-state index is 13.4. The first-order chi connectivity index (χ1) is 14.5. The molecule has 3 N–H and O–H groups in total. The van der Waals surface area contributed by atoms with Gasteiger partial charge < -0.3 is 10.6 Å². The van der Waals surface area contributed by atoms with Gasteiger partial charge in [-0.25, -0.2) is 17.5 Å². The largest absolute Gasteiger partial charge is 0.383 e. The topological polar surface area (TPSA) is 139 Å². The number of sulfonamides is 1. The first-order valence-electron chi connectivity index (χ1n) is 10.9. The fourth-order valence-electron chi connectivity index (χ4n) is 3.75. The Hall–Kier alpha value is -2.14. The third-order valence-electron chi connectivity index (χ3n) is 5.69. The van der Waals surface area contributed by atoms with Crippen molar-refractivity contribution >= 4 is 27.4 Å². The number of nitrogen functional groups attached to an aromatic ring is 1. The molecule has 0 bridgehead atoms. The van der Waals surface area contributed by atoms with E-state index in [0.29, 0.717) is 38.8 Å². The first kappa shape index (κ1) is 25.1. The molecular weight excluding hydrogens is 422 g/mol. The maximum Gasteiger partial charge on any atom is 0.330 e. The highest BCUT2D eigenvalue weighted by molar-refractivity contribution is 7.88. The number of unbranched alkanes of at least 4 members (excludes halogenated alkanes) is 1. The summed E-state index contributed by atoms with van der Waals surface area (Å²) in [5.41, 5.74) is 4.98. The Morgan fingerprint density at radius 3 is 2.39 bits per heavy atom. The van der Waals surface area contributed by atoms with E-state index in [0.717, 1.165) is 12.7 Å². The monoisotopic (exact) mass is 457 g/mol. The van der Waals surface area contributed by atoms with Crippen LogP contribution in [0.3, 0.4) is 0 Å². The summed E-state index contributed by atoms with van der Waals surface area (Å²) in [6.07, 6.45) is 4.11. The standard InChI is InChI=1S/C20H35N5O5S/c1-5-6-10-25-17(21)16(18(26)22-20(25)28)24(13-7-14(2)3)19(27)15-8-11-23(12-9-15)31(4,29)30/h14-15H,5-13,21H2,1-4H3,(H,22,26,28). The summed E-state index contributed by atoms with van der Waals surface area (Å²) in [6.45, 7) is 7.18. The molecule has 1 aromatic rings. The van der Waals surface area contributed by atoms with Gasteiger partial charge in [0.05, 0.1) is 6.26 Å². The Labute approximate surface area is 183 Å². The summed E-state index contributed by atoms with van der Waals surface area (Å²) < 4.78 is 26.2. The fraction of sp³-hybridized carbons (Fsp3) is 0.750. The van der Waals surface area contributed by atoms with Gasteiger partial charge in [0.2, 0.25) is 15.9 Å². The molecular formula is C20H35N5O5S. The number of nitrogens with two attached hydrogens (primary N) is 1. The van der Waals surface area contributed by atoms with E-state index >= 15 is 0 Å². The smallest absolute Gasteiger partial charge is 0.330 e. The van der Waals surface area contributed by atoms with Gasteiger partial charge in [-0.2, -0.15) is 0 Å². The molecule has 0 radical (unpaired) electrons. The molecule has 1 aliphatic rings. The van der Waals surface area contributed by atoms with Crippen LogP contribution < -0.4 is 21.9 Å². The molecule has 1 fully saturated rings. The molecule has 1 aliphatic heterocycles. The molecule has 176 valence electrons. The molecule has 0 aliphatic carbocycles. The number of amides is 1. The number of nitrogens with one attached hydrogen (secondary N) is 1. The summed E-state index contributed by atoms with van der Waals surface area (Å²) in [5.74, 6) is -0.395. The summed E-state index contributed by atoms with van der Waals surface area (Å²) in [4.78, 5) is 42.1. The predicted octanol–water partition coefficient (Wildman–Crippen LogP) is 0.970. The zero-order valence-electron chi connectivity index (χ0n) is 18.9. The van der Waals surface area contributed by atoms with E-state index in [4.69, 9.17) is 5.73 Å². The number of anilines is 2.